The van der Waals surface area contributed by atoms with E-state index in [2.05, 4.69) is 9.62 Å². The molecule has 2 aliphatic rings. The maximum atomic E-state index is 14.1. The molecule has 0 spiro atoms. The number of hydrogen-bond acceptors (Lipinski definition) is 7. The van der Waals surface area contributed by atoms with Crippen molar-refractivity contribution >= 4 is 27.4 Å². The fourth-order valence-electron chi connectivity index (χ4n) is 5.52. The third kappa shape index (κ3) is 4.49. The molecule has 37 heavy (non-hydrogen) atoms. The van der Waals surface area contributed by atoms with Crippen molar-refractivity contribution in [2.45, 2.75) is 57.7 Å². The normalized spacial score (nSPS) is 22.4. The minimum atomic E-state index is -3.66. The van der Waals surface area contributed by atoms with E-state index in [4.69, 9.17) is 15.8 Å². The molecule has 3 N–H and O–H groups in total. The van der Waals surface area contributed by atoms with Crippen LogP contribution in [0.15, 0.2) is 36.5 Å². The van der Waals surface area contributed by atoms with E-state index in [1.165, 1.54) is 0 Å². The largest absolute Gasteiger partial charge is 0.355 e. The van der Waals surface area contributed by atoms with E-state index >= 15 is 0 Å². The number of hydrogen-bond donors (Lipinski definition) is 2. The van der Waals surface area contributed by atoms with Gasteiger partial charge in [-0.2, -0.15) is 9.82 Å². The number of aryl methyl sites for hydroxylation is 2. The Kier molecular flexibility index (Phi) is 6.49. The maximum Gasteiger partial charge on any atom is 0.248 e. The number of likely N-dealkylation sites (N-methyl/N-ethyl adjacent to an activating group) is 1. The number of fused-ring (bicyclic) bond motifs is 2. The second kappa shape index (κ2) is 9.38. The molecular formula is C26H35N7O3S. The Morgan fingerprint density at radius 2 is 2.11 bits per heavy atom. The minimum absolute atomic E-state index is 0.106. The first kappa shape index (κ1) is 25.6. The van der Waals surface area contributed by atoms with Crippen molar-refractivity contribution < 1.29 is 13.2 Å². The van der Waals surface area contributed by atoms with Crippen LogP contribution in [0, 0.1) is 6.92 Å². The number of nitrogens with one attached hydrogen (secondary N) is 1. The number of sulfonamides is 1. The molecule has 1 aliphatic heterocycles. The van der Waals surface area contributed by atoms with Gasteiger partial charge in [0.15, 0.2) is 5.65 Å². The lowest BCUT2D eigenvalue weighted by molar-refractivity contribution is -0.138. The number of rotatable bonds is 7. The Labute approximate surface area is 217 Å². The monoisotopic (exact) mass is 525 g/mol. The first-order valence-corrected chi connectivity index (χ1v) is 14.4. The Bertz CT molecular complexity index is 1450. The zero-order valence-electron chi connectivity index (χ0n) is 21.8. The third-order valence-corrected chi connectivity index (χ3v) is 9.22. The molecule has 0 saturated carbocycles. The minimum Gasteiger partial charge on any atom is -0.355 e. The summed E-state index contributed by atoms with van der Waals surface area (Å²) in [4.78, 5) is 22.7. The summed E-state index contributed by atoms with van der Waals surface area (Å²) in [6.45, 7) is 7.12. The molecule has 1 saturated heterocycles. The van der Waals surface area contributed by atoms with Crippen molar-refractivity contribution in [2.75, 3.05) is 30.8 Å². The van der Waals surface area contributed by atoms with Gasteiger partial charge in [0, 0.05) is 44.0 Å². The second-order valence-electron chi connectivity index (χ2n) is 10.3. The van der Waals surface area contributed by atoms with Gasteiger partial charge in [-0.15, -0.1) is 0 Å². The first-order chi connectivity index (χ1) is 17.5. The number of carbonyl (C=O) groups excluding carboxylic acids is 1. The Hall–Kier alpha value is -3.02. The molecule has 1 aromatic carbocycles. The summed E-state index contributed by atoms with van der Waals surface area (Å²) in [5, 5.41) is 4.72. The van der Waals surface area contributed by atoms with E-state index < -0.39 is 21.6 Å². The van der Waals surface area contributed by atoms with Crippen LogP contribution in [-0.4, -0.2) is 65.8 Å². The number of benzene rings is 1. The fraction of sp³-hybridized carbons (Fsp3) is 0.500. The molecule has 3 heterocycles. The van der Waals surface area contributed by atoms with Gasteiger partial charge in [-0.1, -0.05) is 24.3 Å². The zero-order valence-corrected chi connectivity index (χ0v) is 22.6. The Balaban J connectivity index is 1.47. The van der Waals surface area contributed by atoms with E-state index in [0.717, 1.165) is 42.0 Å². The van der Waals surface area contributed by atoms with Crippen LogP contribution in [-0.2, 0) is 26.8 Å². The van der Waals surface area contributed by atoms with Crippen molar-refractivity contribution in [3.8, 4) is 0 Å². The predicted molar refractivity (Wildman–Crippen MR) is 143 cm³/mol. The van der Waals surface area contributed by atoms with Gasteiger partial charge in [0.2, 0.25) is 15.9 Å². The lowest BCUT2D eigenvalue weighted by atomic mass is 9.90. The summed E-state index contributed by atoms with van der Waals surface area (Å²) >= 11 is 0. The van der Waals surface area contributed by atoms with Gasteiger partial charge >= 0.3 is 0 Å². The van der Waals surface area contributed by atoms with Gasteiger partial charge in [0.25, 0.3) is 0 Å². The molecule has 11 heteroatoms. The van der Waals surface area contributed by atoms with Crippen LogP contribution in [0.25, 0.3) is 5.65 Å². The van der Waals surface area contributed by atoms with E-state index in [1.807, 2.05) is 50.4 Å². The van der Waals surface area contributed by atoms with Gasteiger partial charge in [0.1, 0.15) is 11.4 Å². The zero-order chi connectivity index (χ0) is 26.5. The number of carbonyl (C=O) groups is 1. The first-order valence-electron chi connectivity index (χ1n) is 12.8. The predicted octanol–water partition coefficient (Wildman–Crippen LogP) is 1.88. The second-order valence-corrected chi connectivity index (χ2v) is 12.3. The van der Waals surface area contributed by atoms with Crippen LogP contribution < -0.4 is 15.4 Å². The molecule has 1 unspecified atom stereocenters. The highest BCUT2D eigenvalue weighted by atomic mass is 32.2. The van der Waals surface area contributed by atoms with Crippen LogP contribution in [0.5, 0.6) is 0 Å². The summed E-state index contributed by atoms with van der Waals surface area (Å²) in [6, 6.07) is 9.19. The smallest absolute Gasteiger partial charge is 0.248 e. The highest BCUT2D eigenvalue weighted by Crippen LogP contribution is 2.40. The third-order valence-electron chi connectivity index (χ3n) is 7.80. The molecule has 5 rings (SSSR count). The van der Waals surface area contributed by atoms with Gasteiger partial charge in [-0.3, -0.25) is 4.79 Å². The topological polar surface area (TPSA) is 126 Å². The summed E-state index contributed by atoms with van der Waals surface area (Å²) in [5.74, 6) is 0.500. The average Bonchev–Trinajstić information content (AvgIpc) is 3.59. The van der Waals surface area contributed by atoms with E-state index in [1.54, 1.807) is 23.4 Å². The number of nitrogens with zero attached hydrogens (tertiary/aromatic N) is 5. The van der Waals surface area contributed by atoms with E-state index in [9.17, 15) is 13.2 Å². The molecule has 10 nitrogen and oxygen atoms in total. The Morgan fingerprint density at radius 1 is 1.35 bits per heavy atom. The van der Waals surface area contributed by atoms with Crippen molar-refractivity contribution in [3.63, 3.8) is 0 Å². The SMILES string of the molecule is CCS(=O)(=O)NC1(C(=O)N(C)[C@@H](C)c2cc3nc(N4CC[C@H](N)C4)c(C)cn3n2)CCc2ccccc21. The number of anilines is 1. The molecule has 1 aliphatic carbocycles. The molecule has 1 amide bonds. The van der Waals surface area contributed by atoms with Gasteiger partial charge in [-0.25, -0.2) is 17.9 Å². The number of amides is 1. The summed E-state index contributed by atoms with van der Waals surface area (Å²) in [7, 11) is -1.95. The van der Waals surface area contributed by atoms with Crippen molar-refractivity contribution in [1.82, 2.24) is 24.2 Å². The van der Waals surface area contributed by atoms with Crippen LogP contribution >= 0.6 is 0 Å². The molecule has 3 aromatic rings. The van der Waals surface area contributed by atoms with Gasteiger partial charge < -0.3 is 15.5 Å². The van der Waals surface area contributed by atoms with Crippen molar-refractivity contribution in [3.05, 3.63) is 58.9 Å². The summed E-state index contributed by atoms with van der Waals surface area (Å²) < 4.78 is 30.0. The van der Waals surface area contributed by atoms with E-state index in [-0.39, 0.29) is 17.7 Å². The summed E-state index contributed by atoms with van der Waals surface area (Å²) in [6.07, 6.45) is 3.88. The standard InChI is InChI=1S/C26H35N7O3S/c1-5-37(35,36)30-26(12-10-19-8-6-7-9-21(19)26)25(34)31(4)18(3)22-14-23-28-24(17(2)15-33(23)29-22)32-13-11-20(27)16-32/h6-9,14-15,18,20,30H,5,10-13,16,27H2,1-4H3/t18-,20-,26?/m0/s1. The molecular weight excluding hydrogens is 490 g/mol. The lowest BCUT2D eigenvalue weighted by Gasteiger charge is -2.36. The van der Waals surface area contributed by atoms with E-state index in [0.29, 0.717) is 24.2 Å². The summed E-state index contributed by atoms with van der Waals surface area (Å²) in [5.41, 5.74) is 8.84. The molecule has 198 valence electrons. The molecule has 0 radical (unpaired) electrons. The Morgan fingerprint density at radius 3 is 2.81 bits per heavy atom. The molecule has 3 atom stereocenters. The van der Waals surface area contributed by atoms with Crippen LogP contribution in [0.3, 0.4) is 0 Å². The van der Waals surface area contributed by atoms with Crippen LogP contribution in [0.4, 0.5) is 5.82 Å². The number of nitrogens with two attached hydrogens (primary N) is 1. The molecule has 0 bridgehead atoms. The highest BCUT2D eigenvalue weighted by molar-refractivity contribution is 7.89. The van der Waals surface area contributed by atoms with Crippen LogP contribution in [0.1, 0.15) is 55.1 Å². The average molecular weight is 526 g/mol. The number of aromatic nitrogens is 3. The lowest BCUT2D eigenvalue weighted by Crippen LogP contribution is -2.56. The quantitative estimate of drug-likeness (QED) is 0.482. The van der Waals surface area contributed by atoms with Crippen molar-refractivity contribution in [2.24, 2.45) is 5.73 Å². The van der Waals surface area contributed by atoms with Gasteiger partial charge in [0.05, 0.1) is 17.5 Å². The maximum absolute atomic E-state index is 14.1. The fourth-order valence-corrected chi connectivity index (χ4v) is 6.49. The van der Waals surface area contributed by atoms with Crippen LogP contribution in [0.2, 0.25) is 0 Å². The van der Waals surface area contributed by atoms with Crippen molar-refractivity contribution in [1.29, 1.82) is 0 Å². The molecule has 1 fully saturated rings. The molecule has 2 aromatic heterocycles. The highest BCUT2D eigenvalue weighted by Gasteiger charge is 2.49. The van der Waals surface area contributed by atoms with Gasteiger partial charge in [-0.05, 0) is 51.2 Å².